The number of benzene rings is 2. The lowest BCUT2D eigenvalue weighted by Gasteiger charge is -2.12. The molecule has 0 fully saturated rings. The molecular weight excluding hydrogens is 476 g/mol. The minimum atomic E-state index is -0.749. The van der Waals surface area contributed by atoms with Crippen LogP contribution >= 0.6 is 0 Å². The Kier molecular flexibility index (Phi) is 14.8. The van der Waals surface area contributed by atoms with E-state index in [1.54, 1.807) is 48.5 Å². The van der Waals surface area contributed by atoms with Crippen molar-refractivity contribution in [3.8, 4) is 11.5 Å². The highest BCUT2D eigenvalue weighted by atomic mass is 17.3. The molecule has 0 N–H and O–H groups in total. The Bertz CT molecular complexity index is 822. The average Bonchev–Trinajstić information content (AvgIpc) is 2.93. The molecule has 0 aromatic heterocycles. The fourth-order valence-corrected chi connectivity index (χ4v) is 3.17. The smallest absolute Gasteiger partial charge is 0.373 e. The lowest BCUT2D eigenvalue weighted by molar-refractivity contribution is -0.362. The van der Waals surface area contributed by atoms with Crippen molar-refractivity contribution in [3.63, 3.8) is 0 Å². The van der Waals surface area contributed by atoms with Crippen LogP contribution in [-0.2, 0) is 19.6 Å². The van der Waals surface area contributed by atoms with Gasteiger partial charge in [-0.3, -0.25) is 9.78 Å². The summed E-state index contributed by atoms with van der Waals surface area (Å²) < 4.78 is 11.3. The van der Waals surface area contributed by atoms with E-state index < -0.39 is 11.9 Å². The quantitative estimate of drug-likeness (QED) is 0.110. The van der Waals surface area contributed by atoms with Crippen molar-refractivity contribution < 1.29 is 38.6 Å². The molecule has 0 saturated carbocycles. The summed E-state index contributed by atoms with van der Waals surface area (Å²) in [5.74, 6) is -0.164. The topological polar surface area (TPSA) is 89.5 Å². The normalized spacial score (nSPS) is 10.8. The highest BCUT2D eigenvalue weighted by Crippen LogP contribution is 2.18. The predicted octanol–water partition coefficient (Wildman–Crippen LogP) is 7.20. The molecule has 0 amide bonds. The van der Waals surface area contributed by atoms with Gasteiger partial charge in [-0.05, 0) is 68.3 Å². The number of hydrogen-bond donors (Lipinski definition) is 0. The minimum Gasteiger partial charge on any atom is -0.494 e. The largest absolute Gasteiger partial charge is 0.494 e. The molecule has 0 atom stereocenters. The fourth-order valence-electron chi connectivity index (χ4n) is 3.17. The van der Waals surface area contributed by atoms with Gasteiger partial charge in [-0.2, -0.15) is 0 Å². The molecule has 37 heavy (non-hydrogen) atoms. The SMILES string of the molecule is [CH2]C[C](OOC(=O)c1ccc(OCCCCCC)cc1)OOC(=O)c1ccc(OCCCCCC)cc1. The van der Waals surface area contributed by atoms with E-state index in [2.05, 4.69) is 20.8 Å². The average molecular weight is 515 g/mol. The zero-order valence-electron chi connectivity index (χ0n) is 21.9. The van der Waals surface area contributed by atoms with Crippen molar-refractivity contribution in [2.75, 3.05) is 13.2 Å². The van der Waals surface area contributed by atoms with Crippen molar-refractivity contribution in [1.29, 1.82) is 0 Å². The van der Waals surface area contributed by atoms with Crippen LogP contribution in [0.5, 0.6) is 11.5 Å². The maximum Gasteiger partial charge on any atom is 0.373 e. The molecule has 0 unspecified atom stereocenters. The van der Waals surface area contributed by atoms with E-state index in [-0.39, 0.29) is 23.8 Å². The molecule has 2 aromatic rings. The zero-order valence-corrected chi connectivity index (χ0v) is 21.9. The van der Waals surface area contributed by atoms with E-state index in [1.165, 1.54) is 25.7 Å². The van der Waals surface area contributed by atoms with Gasteiger partial charge in [0.15, 0.2) is 0 Å². The summed E-state index contributed by atoms with van der Waals surface area (Å²) in [5, 5.41) is 0. The third-order valence-electron chi connectivity index (χ3n) is 5.34. The lowest BCUT2D eigenvalue weighted by Crippen LogP contribution is -2.15. The molecule has 8 heteroatoms. The Balaban J connectivity index is 1.70. The van der Waals surface area contributed by atoms with Gasteiger partial charge >= 0.3 is 18.2 Å². The highest BCUT2D eigenvalue weighted by Gasteiger charge is 2.20. The van der Waals surface area contributed by atoms with Gasteiger partial charge in [0, 0.05) is 6.42 Å². The molecule has 0 aliphatic heterocycles. The van der Waals surface area contributed by atoms with Gasteiger partial charge in [0.25, 0.3) is 0 Å². The molecule has 2 rings (SSSR count). The second-order valence-corrected chi connectivity index (χ2v) is 8.40. The van der Waals surface area contributed by atoms with Crippen molar-refractivity contribution in [2.24, 2.45) is 0 Å². The first-order valence-corrected chi connectivity index (χ1v) is 13.0. The number of unbranched alkanes of at least 4 members (excludes halogenated alkanes) is 6. The van der Waals surface area contributed by atoms with Crippen molar-refractivity contribution >= 4 is 11.9 Å². The predicted molar refractivity (Wildman–Crippen MR) is 138 cm³/mol. The van der Waals surface area contributed by atoms with Crippen molar-refractivity contribution in [3.05, 3.63) is 72.9 Å². The van der Waals surface area contributed by atoms with E-state index in [0.29, 0.717) is 24.7 Å². The second kappa shape index (κ2) is 18.2. The Morgan fingerprint density at radius 3 is 1.35 bits per heavy atom. The molecule has 2 aromatic carbocycles. The summed E-state index contributed by atoms with van der Waals surface area (Å²) in [4.78, 5) is 43.7. The molecular formula is C29H38O8. The molecule has 0 bridgehead atoms. The third kappa shape index (κ3) is 12.1. The summed E-state index contributed by atoms with van der Waals surface area (Å²) in [6, 6.07) is 13.0. The van der Waals surface area contributed by atoms with Crippen molar-refractivity contribution in [1.82, 2.24) is 0 Å². The first-order chi connectivity index (χ1) is 18.1. The zero-order chi connectivity index (χ0) is 26.7. The van der Waals surface area contributed by atoms with Crippen LogP contribution in [0.4, 0.5) is 0 Å². The van der Waals surface area contributed by atoms with E-state index in [4.69, 9.17) is 29.0 Å². The molecule has 0 aliphatic rings. The van der Waals surface area contributed by atoms with Gasteiger partial charge in [-0.1, -0.05) is 52.4 Å². The maximum absolute atomic E-state index is 12.2. The molecule has 0 aliphatic carbocycles. The standard InChI is InChI=1S/C29H38O8/c1-4-7-9-11-21-32-25-17-13-23(14-18-25)28(30)36-34-27(6-3)35-37-29(31)24-15-19-26(20-16-24)33-22-12-10-8-5-2/h13-20H,3-12,21-22H2,1-2H3. The summed E-state index contributed by atoms with van der Waals surface area (Å²) in [6.45, 7) is 9.17. The van der Waals surface area contributed by atoms with Gasteiger partial charge < -0.3 is 9.47 Å². The van der Waals surface area contributed by atoms with Crippen LogP contribution < -0.4 is 9.47 Å². The Hall–Kier alpha value is -3.10. The van der Waals surface area contributed by atoms with Crippen LogP contribution in [0.3, 0.4) is 0 Å². The van der Waals surface area contributed by atoms with E-state index >= 15 is 0 Å². The van der Waals surface area contributed by atoms with Crippen LogP contribution in [0.25, 0.3) is 0 Å². The number of rotatable bonds is 19. The Morgan fingerprint density at radius 2 is 1.00 bits per heavy atom. The number of carbonyl (C=O) groups excluding carboxylic acids is 2. The van der Waals surface area contributed by atoms with Gasteiger partial charge in [-0.25, -0.2) is 9.59 Å². The van der Waals surface area contributed by atoms with E-state index in [9.17, 15) is 9.59 Å². The summed E-state index contributed by atoms with van der Waals surface area (Å²) >= 11 is 0. The summed E-state index contributed by atoms with van der Waals surface area (Å²) in [7, 11) is 0. The Labute approximate surface area is 220 Å². The number of carbonyl (C=O) groups is 2. The molecule has 0 spiro atoms. The van der Waals surface area contributed by atoms with Gasteiger partial charge in [0.05, 0.1) is 24.3 Å². The fraction of sp³-hybridized carbons (Fsp3) is 0.448. The maximum atomic E-state index is 12.2. The monoisotopic (exact) mass is 514 g/mol. The van der Waals surface area contributed by atoms with E-state index in [0.717, 1.165) is 25.7 Å². The second-order valence-electron chi connectivity index (χ2n) is 8.40. The number of hydrogen-bond acceptors (Lipinski definition) is 8. The van der Waals surface area contributed by atoms with Crippen LogP contribution in [0.2, 0.25) is 0 Å². The van der Waals surface area contributed by atoms with Crippen LogP contribution in [0.1, 0.15) is 92.4 Å². The number of ether oxygens (including phenoxy) is 2. The van der Waals surface area contributed by atoms with E-state index in [1.807, 2.05) is 0 Å². The molecule has 8 nitrogen and oxygen atoms in total. The Morgan fingerprint density at radius 1 is 0.595 bits per heavy atom. The van der Waals surface area contributed by atoms with Crippen molar-refractivity contribution in [2.45, 2.75) is 71.6 Å². The first kappa shape index (κ1) is 30.1. The van der Waals surface area contributed by atoms with Crippen LogP contribution in [-0.4, -0.2) is 25.2 Å². The molecule has 2 radical (unpaired) electrons. The third-order valence-corrected chi connectivity index (χ3v) is 5.34. The van der Waals surface area contributed by atoms with Crippen LogP contribution in [0.15, 0.2) is 48.5 Å². The summed E-state index contributed by atoms with van der Waals surface area (Å²) in [5.41, 5.74) is 0.512. The van der Waals surface area contributed by atoms with Gasteiger partial charge in [0.1, 0.15) is 11.5 Å². The minimum absolute atomic E-state index is 0.0593. The first-order valence-electron chi connectivity index (χ1n) is 13.0. The molecule has 0 heterocycles. The van der Waals surface area contributed by atoms with Crippen LogP contribution in [0, 0.1) is 13.2 Å². The van der Waals surface area contributed by atoms with Gasteiger partial charge in [0.2, 0.25) is 0 Å². The van der Waals surface area contributed by atoms with Gasteiger partial charge in [-0.15, -0.1) is 9.78 Å². The molecule has 202 valence electrons. The highest BCUT2D eigenvalue weighted by molar-refractivity contribution is 5.89. The molecule has 0 saturated heterocycles. The summed E-state index contributed by atoms with van der Waals surface area (Å²) in [6.07, 6.45) is 8.58. The lowest BCUT2D eigenvalue weighted by atomic mass is 10.2.